The highest BCUT2D eigenvalue weighted by atomic mass is 16.7. The Morgan fingerprint density at radius 3 is 2.52 bits per heavy atom. The molecule has 2 aromatic rings. The molecule has 0 saturated carbocycles. The van der Waals surface area contributed by atoms with Crippen LogP contribution >= 0.6 is 0 Å². The van der Waals surface area contributed by atoms with Crippen molar-refractivity contribution < 1.29 is 28.5 Å². The van der Waals surface area contributed by atoms with Crippen LogP contribution in [-0.4, -0.2) is 38.2 Å². The molecule has 0 amide bonds. The molecule has 2 aliphatic rings. The molecule has 2 aliphatic heterocycles. The first-order chi connectivity index (χ1) is 14.2. The van der Waals surface area contributed by atoms with Gasteiger partial charge in [0.05, 0.1) is 39.5 Å². The fourth-order valence-electron chi connectivity index (χ4n) is 3.83. The average molecular weight is 398 g/mol. The monoisotopic (exact) mass is 398 g/mol. The molecule has 0 N–H and O–H groups in total. The molecule has 2 saturated heterocycles. The summed E-state index contributed by atoms with van der Waals surface area (Å²) in [6.45, 7) is 1.29. The molecule has 4 atom stereocenters. The van der Waals surface area contributed by atoms with Crippen LogP contribution in [0.1, 0.15) is 24.0 Å². The van der Waals surface area contributed by atoms with Crippen molar-refractivity contribution in [3.05, 3.63) is 65.7 Å². The molecule has 6 heteroatoms. The van der Waals surface area contributed by atoms with Crippen LogP contribution in [0.3, 0.4) is 0 Å². The summed E-state index contributed by atoms with van der Waals surface area (Å²) in [7, 11) is 1.64. The number of carbonyl (C=O) groups excluding carboxylic acids is 1. The van der Waals surface area contributed by atoms with E-state index in [0.29, 0.717) is 26.2 Å². The highest BCUT2D eigenvalue weighted by Crippen LogP contribution is 2.37. The third-order valence-electron chi connectivity index (χ3n) is 5.39. The van der Waals surface area contributed by atoms with Crippen molar-refractivity contribution in [3.8, 4) is 5.75 Å². The van der Waals surface area contributed by atoms with Gasteiger partial charge in [-0.3, -0.25) is 4.79 Å². The maximum Gasteiger partial charge on any atom is 0.308 e. The Labute approximate surface area is 170 Å². The number of methoxy groups -OCH3 is 1. The number of ether oxygens (including phenoxy) is 5. The van der Waals surface area contributed by atoms with E-state index in [-0.39, 0.29) is 36.8 Å². The first-order valence-corrected chi connectivity index (χ1v) is 9.92. The molecule has 0 spiro atoms. The Morgan fingerprint density at radius 2 is 1.76 bits per heavy atom. The highest BCUT2D eigenvalue weighted by Gasteiger charge is 2.46. The number of benzene rings is 2. The zero-order chi connectivity index (χ0) is 20.1. The lowest BCUT2D eigenvalue weighted by Gasteiger charge is -2.31. The van der Waals surface area contributed by atoms with Crippen LogP contribution < -0.4 is 4.74 Å². The summed E-state index contributed by atoms with van der Waals surface area (Å²) < 4.78 is 28.5. The Balaban J connectivity index is 1.29. The first-order valence-electron chi connectivity index (χ1n) is 9.92. The molecule has 2 heterocycles. The maximum absolute atomic E-state index is 12.0. The van der Waals surface area contributed by atoms with Gasteiger partial charge in [-0.05, 0) is 23.3 Å². The second-order valence-corrected chi connectivity index (χ2v) is 7.40. The largest absolute Gasteiger partial charge is 0.497 e. The number of fused-ring (bicyclic) bond motifs is 1. The molecule has 1 unspecified atom stereocenters. The van der Waals surface area contributed by atoms with Crippen LogP contribution in [0, 0.1) is 5.92 Å². The Kier molecular flexibility index (Phi) is 6.44. The number of esters is 1. The van der Waals surface area contributed by atoms with E-state index in [2.05, 4.69) is 0 Å². The zero-order valence-electron chi connectivity index (χ0n) is 16.5. The molecule has 0 radical (unpaired) electrons. The van der Waals surface area contributed by atoms with E-state index in [9.17, 15) is 4.79 Å². The van der Waals surface area contributed by atoms with Crippen LogP contribution in [0.15, 0.2) is 54.6 Å². The van der Waals surface area contributed by atoms with Gasteiger partial charge >= 0.3 is 5.97 Å². The number of hydrogen-bond donors (Lipinski definition) is 0. The molecule has 0 bridgehead atoms. The van der Waals surface area contributed by atoms with Gasteiger partial charge in [-0.25, -0.2) is 0 Å². The topological polar surface area (TPSA) is 63.2 Å². The van der Waals surface area contributed by atoms with Crippen LogP contribution in [0.5, 0.6) is 5.75 Å². The van der Waals surface area contributed by atoms with Crippen molar-refractivity contribution in [2.45, 2.75) is 44.6 Å². The van der Waals surface area contributed by atoms with Crippen molar-refractivity contribution in [1.82, 2.24) is 0 Å². The van der Waals surface area contributed by atoms with Crippen LogP contribution in [0.25, 0.3) is 0 Å². The summed E-state index contributed by atoms with van der Waals surface area (Å²) in [4.78, 5) is 12.0. The molecular weight excluding hydrogens is 372 g/mol. The molecule has 4 rings (SSSR count). The van der Waals surface area contributed by atoms with Gasteiger partial charge in [0.2, 0.25) is 0 Å². The summed E-state index contributed by atoms with van der Waals surface area (Å²) in [6.07, 6.45) is 0.121. The van der Waals surface area contributed by atoms with E-state index in [1.54, 1.807) is 7.11 Å². The Hall–Kier alpha value is -2.41. The third kappa shape index (κ3) is 5.15. The van der Waals surface area contributed by atoms with Gasteiger partial charge in [-0.2, -0.15) is 0 Å². The molecule has 0 aliphatic carbocycles. The van der Waals surface area contributed by atoms with Gasteiger partial charge < -0.3 is 23.7 Å². The second-order valence-electron chi connectivity index (χ2n) is 7.40. The smallest absolute Gasteiger partial charge is 0.308 e. The lowest BCUT2D eigenvalue weighted by Crippen LogP contribution is -2.42. The molecule has 2 aromatic carbocycles. The minimum absolute atomic E-state index is 0.0874. The zero-order valence-corrected chi connectivity index (χ0v) is 16.5. The number of rotatable bonds is 8. The van der Waals surface area contributed by atoms with Crippen LogP contribution in [-0.2, 0) is 37.0 Å². The predicted molar refractivity (Wildman–Crippen MR) is 105 cm³/mol. The van der Waals surface area contributed by atoms with Gasteiger partial charge in [-0.15, -0.1) is 0 Å². The van der Waals surface area contributed by atoms with Gasteiger partial charge in [-0.1, -0.05) is 42.5 Å². The van der Waals surface area contributed by atoms with Gasteiger partial charge in [0, 0.05) is 12.3 Å². The van der Waals surface area contributed by atoms with Crippen molar-refractivity contribution in [3.63, 3.8) is 0 Å². The molecular formula is C23H26O6. The van der Waals surface area contributed by atoms with E-state index in [4.69, 9.17) is 23.7 Å². The lowest BCUT2D eigenvalue weighted by atomic mass is 9.90. The Morgan fingerprint density at radius 1 is 1.00 bits per heavy atom. The minimum atomic E-state index is -0.349. The molecule has 154 valence electrons. The minimum Gasteiger partial charge on any atom is -0.497 e. The molecule has 0 aromatic heterocycles. The van der Waals surface area contributed by atoms with Crippen molar-refractivity contribution in [2.75, 3.05) is 13.7 Å². The maximum atomic E-state index is 12.0. The molecule has 29 heavy (non-hydrogen) atoms. The first kappa shape index (κ1) is 19.9. The number of hydrogen-bond acceptors (Lipinski definition) is 6. The van der Waals surface area contributed by atoms with Crippen molar-refractivity contribution in [1.29, 1.82) is 0 Å². The van der Waals surface area contributed by atoms with Crippen molar-refractivity contribution in [2.24, 2.45) is 5.92 Å². The van der Waals surface area contributed by atoms with Crippen molar-refractivity contribution >= 4 is 5.97 Å². The summed E-state index contributed by atoms with van der Waals surface area (Å²) in [5.74, 6) is 0.658. The standard InChI is InChI=1S/C23H26O6/c1-25-18-9-7-17(8-10-18)14-27-23-11-19-20(29-23)12-22(24)28-21(19)15-26-13-16-5-3-2-4-6-16/h2-10,19-21,23H,11-15H2,1H3/t19-,20-,21-,23?/m0/s1. The van der Waals surface area contributed by atoms with E-state index < -0.39 is 0 Å². The Bertz CT molecular complexity index is 791. The average Bonchev–Trinajstić information content (AvgIpc) is 3.16. The third-order valence-corrected chi connectivity index (χ3v) is 5.39. The summed E-state index contributed by atoms with van der Waals surface area (Å²) in [5.41, 5.74) is 2.13. The van der Waals surface area contributed by atoms with Gasteiger partial charge in [0.1, 0.15) is 11.9 Å². The van der Waals surface area contributed by atoms with E-state index in [1.807, 2.05) is 54.6 Å². The van der Waals surface area contributed by atoms with E-state index in [0.717, 1.165) is 16.9 Å². The summed E-state index contributed by atoms with van der Waals surface area (Å²) >= 11 is 0. The molecule has 6 nitrogen and oxygen atoms in total. The van der Waals surface area contributed by atoms with Crippen LogP contribution in [0.4, 0.5) is 0 Å². The normalized spacial score (nSPS) is 26.0. The number of carbonyl (C=O) groups is 1. The SMILES string of the molecule is COc1ccc(COC2C[C@@H]3[C@H](COCc4ccccc4)OC(=O)C[C@@H]3O2)cc1. The number of cyclic esters (lactones) is 1. The quantitative estimate of drug-likeness (QED) is 0.635. The summed E-state index contributed by atoms with van der Waals surface area (Å²) in [5, 5.41) is 0. The predicted octanol–water partition coefficient (Wildman–Crippen LogP) is 3.48. The summed E-state index contributed by atoms with van der Waals surface area (Å²) in [6, 6.07) is 17.7. The van der Waals surface area contributed by atoms with E-state index >= 15 is 0 Å². The highest BCUT2D eigenvalue weighted by molar-refractivity contribution is 5.71. The van der Waals surface area contributed by atoms with E-state index in [1.165, 1.54) is 0 Å². The molecule has 2 fully saturated rings. The van der Waals surface area contributed by atoms with Gasteiger partial charge in [0.25, 0.3) is 0 Å². The second kappa shape index (κ2) is 9.39. The fraction of sp³-hybridized carbons (Fsp3) is 0.435. The van der Waals surface area contributed by atoms with Gasteiger partial charge in [0.15, 0.2) is 6.29 Å². The fourth-order valence-corrected chi connectivity index (χ4v) is 3.83. The lowest BCUT2D eigenvalue weighted by molar-refractivity contribution is -0.179. The van der Waals surface area contributed by atoms with Crippen LogP contribution in [0.2, 0.25) is 0 Å².